The molecule has 18 heavy (non-hydrogen) atoms. The maximum Gasteiger partial charge on any atom is 0.0620 e. The van der Waals surface area contributed by atoms with Crippen molar-refractivity contribution < 1.29 is 4.74 Å². The van der Waals surface area contributed by atoms with Crippen molar-refractivity contribution in [3.05, 3.63) is 0 Å². The quantitative estimate of drug-likeness (QED) is 0.814. The molecule has 2 heterocycles. The highest BCUT2D eigenvalue weighted by molar-refractivity contribution is 4.81. The zero-order valence-electron chi connectivity index (χ0n) is 12.2. The van der Waals surface area contributed by atoms with E-state index in [2.05, 4.69) is 24.1 Å². The largest absolute Gasteiger partial charge is 0.379 e. The number of piperidine rings is 1. The molecule has 2 aliphatic rings. The first-order valence-corrected chi connectivity index (χ1v) is 7.84. The van der Waals surface area contributed by atoms with Gasteiger partial charge in [-0.05, 0) is 45.2 Å². The third kappa shape index (κ3) is 4.22. The third-order valence-electron chi connectivity index (χ3n) is 4.59. The Bertz CT molecular complexity index is 221. The van der Waals surface area contributed by atoms with Crippen LogP contribution in [0.4, 0.5) is 0 Å². The molecule has 2 aliphatic heterocycles. The Morgan fingerprint density at radius 2 is 2.11 bits per heavy atom. The van der Waals surface area contributed by atoms with Gasteiger partial charge in [-0.25, -0.2) is 0 Å². The minimum absolute atomic E-state index is 0.571. The molecule has 0 aliphatic carbocycles. The Morgan fingerprint density at radius 1 is 1.33 bits per heavy atom. The van der Waals surface area contributed by atoms with Crippen LogP contribution in [0.5, 0.6) is 0 Å². The lowest BCUT2D eigenvalue weighted by Crippen LogP contribution is -2.47. The fourth-order valence-corrected chi connectivity index (χ4v) is 3.42. The molecule has 2 atom stereocenters. The smallest absolute Gasteiger partial charge is 0.0620 e. The summed E-state index contributed by atoms with van der Waals surface area (Å²) in [6.07, 6.45) is 6.84. The number of nitrogens with zero attached hydrogens (tertiary/aromatic N) is 1. The maximum absolute atomic E-state index is 5.54. The molecule has 0 saturated carbocycles. The zero-order chi connectivity index (χ0) is 12.8. The normalized spacial score (nSPS) is 29.3. The standard InChI is InChI=1S/C15H30N2O/c1-3-4-14-5-8-17(9-6-14)13(2)11-15-12-18-10-7-16-15/h13-16H,3-12H2,1-2H3. The Balaban J connectivity index is 1.68. The lowest BCUT2D eigenvalue weighted by Gasteiger charge is -2.38. The molecule has 0 aromatic rings. The predicted molar refractivity (Wildman–Crippen MR) is 75.9 cm³/mol. The second-order valence-electron chi connectivity index (χ2n) is 6.08. The van der Waals surface area contributed by atoms with E-state index in [1.54, 1.807) is 0 Å². The lowest BCUT2D eigenvalue weighted by molar-refractivity contribution is 0.0559. The van der Waals surface area contributed by atoms with Gasteiger partial charge in [0.15, 0.2) is 0 Å². The van der Waals surface area contributed by atoms with Gasteiger partial charge < -0.3 is 15.0 Å². The van der Waals surface area contributed by atoms with Crippen LogP contribution in [0, 0.1) is 5.92 Å². The second-order valence-corrected chi connectivity index (χ2v) is 6.08. The molecule has 0 bridgehead atoms. The Labute approximate surface area is 112 Å². The van der Waals surface area contributed by atoms with Crippen molar-refractivity contribution in [1.82, 2.24) is 10.2 Å². The first-order valence-electron chi connectivity index (χ1n) is 7.84. The van der Waals surface area contributed by atoms with Crippen LogP contribution in [0.3, 0.4) is 0 Å². The van der Waals surface area contributed by atoms with Crippen molar-refractivity contribution >= 4 is 0 Å². The topological polar surface area (TPSA) is 24.5 Å². The van der Waals surface area contributed by atoms with Crippen molar-refractivity contribution in [3.63, 3.8) is 0 Å². The van der Waals surface area contributed by atoms with Crippen LogP contribution < -0.4 is 5.32 Å². The number of hydrogen-bond acceptors (Lipinski definition) is 3. The third-order valence-corrected chi connectivity index (χ3v) is 4.59. The molecule has 1 N–H and O–H groups in total. The van der Waals surface area contributed by atoms with Crippen LogP contribution in [0.15, 0.2) is 0 Å². The van der Waals surface area contributed by atoms with Gasteiger partial charge in [-0.3, -0.25) is 0 Å². The van der Waals surface area contributed by atoms with E-state index in [1.165, 1.54) is 45.2 Å². The van der Waals surface area contributed by atoms with E-state index in [1.807, 2.05) is 0 Å². The van der Waals surface area contributed by atoms with Crippen LogP contribution in [0.1, 0.15) is 46.0 Å². The highest BCUT2D eigenvalue weighted by Gasteiger charge is 2.24. The van der Waals surface area contributed by atoms with Crippen molar-refractivity contribution in [2.24, 2.45) is 5.92 Å². The molecule has 0 aromatic heterocycles. The van der Waals surface area contributed by atoms with Crippen molar-refractivity contribution in [2.75, 3.05) is 32.8 Å². The maximum atomic E-state index is 5.54. The van der Waals surface area contributed by atoms with E-state index >= 15 is 0 Å². The summed E-state index contributed by atoms with van der Waals surface area (Å²) in [5.41, 5.74) is 0. The molecule has 2 rings (SSSR count). The van der Waals surface area contributed by atoms with E-state index in [-0.39, 0.29) is 0 Å². The average molecular weight is 254 g/mol. The summed E-state index contributed by atoms with van der Waals surface area (Å²) >= 11 is 0. The van der Waals surface area contributed by atoms with Crippen LogP contribution in [-0.4, -0.2) is 49.8 Å². The molecule has 0 spiro atoms. The predicted octanol–water partition coefficient (Wildman–Crippen LogP) is 2.27. The van der Waals surface area contributed by atoms with Gasteiger partial charge in [-0.15, -0.1) is 0 Å². The van der Waals surface area contributed by atoms with E-state index in [0.717, 1.165) is 25.7 Å². The number of rotatable bonds is 5. The van der Waals surface area contributed by atoms with Crippen LogP contribution in [-0.2, 0) is 4.74 Å². The summed E-state index contributed by atoms with van der Waals surface area (Å²) < 4.78 is 5.54. The van der Waals surface area contributed by atoms with E-state index in [0.29, 0.717) is 12.1 Å². The minimum atomic E-state index is 0.571. The molecular formula is C15H30N2O. The number of nitrogens with one attached hydrogen (secondary N) is 1. The van der Waals surface area contributed by atoms with E-state index in [4.69, 9.17) is 4.74 Å². The summed E-state index contributed by atoms with van der Waals surface area (Å²) in [6, 6.07) is 1.27. The Hall–Kier alpha value is -0.120. The van der Waals surface area contributed by atoms with Gasteiger partial charge in [0.05, 0.1) is 13.2 Å². The Kier molecular flexibility index (Phi) is 5.93. The minimum Gasteiger partial charge on any atom is -0.379 e. The summed E-state index contributed by atoms with van der Waals surface area (Å²) in [6.45, 7) is 10.1. The van der Waals surface area contributed by atoms with Gasteiger partial charge in [-0.2, -0.15) is 0 Å². The molecule has 2 unspecified atom stereocenters. The van der Waals surface area contributed by atoms with Gasteiger partial charge in [0.2, 0.25) is 0 Å². The fraction of sp³-hybridized carbons (Fsp3) is 1.00. The van der Waals surface area contributed by atoms with Crippen LogP contribution in [0.25, 0.3) is 0 Å². The van der Waals surface area contributed by atoms with Crippen LogP contribution >= 0.6 is 0 Å². The highest BCUT2D eigenvalue weighted by Crippen LogP contribution is 2.24. The molecule has 2 fully saturated rings. The number of likely N-dealkylation sites (tertiary alicyclic amines) is 1. The van der Waals surface area contributed by atoms with Gasteiger partial charge >= 0.3 is 0 Å². The zero-order valence-corrected chi connectivity index (χ0v) is 12.2. The second kappa shape index (κ2) is 7.46. The molecule has 0 radical (unpaired) electrons. The van der Waals surface area contributed by atoms with Gasteiger partial charge in [0.1, 0.15) is 0 Å². The number of hydrogen-bond donors (Lipinski definition) is 1. The lowest BCUT2D eigenvalue weighted by atomic mass is 9.91. The number of morpholine rings is 1. The first-order chi connectivity index (χ1) is 8.79. The van der Waals surface area contributed by atoms with Crippen molar-refractivity contribution in [2.45, 2.75) is 58.0 Å². The summed E-state index contributed by atoms with van der Waals surface area (Å²) in [7, 11) is 0. The van der Waals surface area contributed by atoms with Crippen LogP contribution in [0.2, 0.25) is 0 Å². The summed E-state index contributed by atoms with van der Waals surface area (Å²) in [5.74, 6) is 0.995. The van der Waals surface area contributed by atoms with E-state index < -0.39 is 0 Å². The van der Waals surface area contributed by atoms with Gasteiger partial charge in [0.25, 0.3) is 0 Å². The van der Waals surface area contributed by atoms with E-state index in [9.17, 15) is 0 Å². The fourth-order valence-electron chi connectivity index (χ4n) is 3.42. The molecule has 106 valence electrons. The summed E-state index contributed by atoms with van der Waals surface area (Å²) in [5, 5.41) is 3.57. The van der Waals surface area contributed by atoms with Gasteiger partial charge in [0, 0.05) is 18.6 Å². The molecule has 2 saturated heterocycles. The SMILES string of the molecule is CCCC1CCN(C(C)CC2COCCN2)CC1. The average Bonchev–Trinajstić information content (AvgIpc) is 2.41. The molecule has 3 nitrogen and oxygen atoms in total. The Morgan fingerprint density at radius 3 is 2.72 bits per heavy atom. The molecule has 0 aromatic carbocycles. The molecular weight excluding hydrogens is 224 g/mol. The summed E-state index contributed by atoms with van der Waals surface area (Å²) in [4.78, 5) is 2.68. The van der Waals surface area contributed by atoms with Crippen molar-refractivity contribution in [1.29, 1.82) is 0 Å². The van der Waals surface area contributed by atoms with Crippen molar-refractivity contribution in [3.8, 4) is 0 Å². The van der Waals surface area contributed by atoms with Gasteiger partial charge in [-0.1, -0.05) is 19.8 Å². The highest BCUT2D eigenvalue weighted by atomic mass is 16.5. The first kappa shape index (κ1) is 14.3. The molecule has 3 heteroatoms. The number of ether oxygens (including phenoxy) is 1. The molecule has 0 amide bonds. The monoisotopic (exact) mass is 254 g/mol.